The van der Waals surface area contributed by atoms with Crippen molar-refractivity contribution in [3.63, 3.8) is 0 Å². The maximum atomic E-state index is 12.2. The van der Waals surface area contributed by atoms with E-state index in [1.807, 2.05) is 30.3 Å². The molecule has 0 aliphatic heterocycles. The van der Waals surface area contributed by atoms with Crippen molar-refractivity contribution in [1.82, 2.24) is 10.6 Å². The molecule has 1 fully saturated rings. The molecular formula is C20H28N2O4. The van der Waals surface area contributed by atoms with Crippen LogP contribution < -0.4 is 10.6 Å². The van der Waals surface area contributed by atoms with Crippen molar-refractivity contribution in [2.24, 2.45) is 11.8 Å². The van der Waals surface area contributed by atoms with Gasteiger partial charge in [-0.1, -0.05) is 43.2 Å². The lowest BCUT2D eigenvalue weighted by Crippen LogP contribution is -2.42. The second-order valence-electron chi connectivity index (χ2n) is 6.64. The molecule has 142 valence electrons. The molecule has 1 aromatic carbocycles. The molecule has 0 radical (unpaired) electrons. The van der Waals surface area contributed by atoms with E-state index in [-0.39, 0.29) is 36.8 Å². The van der Waals surface area contributed by atoms with E-state index >= 15 is 0 Å². The van der Waals surface area contributed by atoms with Gasteiger partial charge in [-0.05, 0) is 31.7 Å². The highest BCUT2D eigenvalue weighted by Gasteiger charge is 2.24. The molecule has 2 amide bonds. The molecule has 1 aliphatic rings. The monoisotopic (exact) mass is 360 g/mol. The molecule has 26 heavy (non-hydrogen) atoms. The number of amides is 2. The van der Waals surface area contributed by atoms with Crippen LogP contribution in [0.1, 0.15) is 38.2 Å². The van der Waals surface area contributed by atoms with Crippen molar-refractivity contribution < 1.29 is 19.1 Å². The number of hydrogen-bond acceptors (Lipinski definition) is 4. The number of esters is 1. The first-order valence-corrected chi connectivity index (χ1v) is 9.35. The van der Waals surface area contributed by atoms with Crippen molar-refractivity contribution in [3.8, 4) is 0 Å². The van der Waals surface area contributed by atoms with Crippen LogP contribution in [-0.4, -0.2) is 37.5 Å². The Morgan fingerprint density at radius 1 is 1.12 bits per heavy atom. The number of carbonyl (C=O) groups is 3. The Morgan fingerprint density at radius 2 is 1.81 bits per heavy atom. The molecular weight excluding hydrogens is 332 g/mol. The van der Waals surface area contributed by atoms with Crippen LogP contribution in [0.25, 0.3) is 0 Å². The highest BCUT2D eigenvalue weighted by Crippen LogP contribution is 2.24. The quantitative estimate of drug-likeness (QED) is 0.658. The molecule has 6 heteroatoms. The van der Waals surface area contributed by atoms with Gasteiger partial charge in [0.2, 0.25) is 11.8 Å². The summed E-state index contributed by atoms with van der Waals surface area (Å²) in [6.07, 6.45) is 4.44. The van der Waals surface area contributed by atoms with Gasteiger partial charge in [-0.2, -0.15) is 0 Å². The van der Waals surface area contributed by atoms with Gasteiger partial charge in [-0.15, -0.1) is 0 Å². The van der Waals surface area contributed by atoms with Crippen LogP contribution in [0.15, 0.2) is 30.3 Å². The zero-order chi connectivity index (χ0) is 18.8. The van der Waals surface area contributed by atoms with E-state index in [0.29, 0.717) is 13.0 Å². The summed E-state index contributed by atoms with van der Waals surface area (Å²) in [6.45, 7) is 2.19. The highest BCUT2D eigenvalue weighted by atomic mass is 16.5. The van der Waals surface area contributed by atoms with Crippen molar-refractivity contribution in [2.45, 2.75) is 39.0 Å². The number of benzene rings is 1. The summed E-state index contributed by atoms with van der Waals surface area (Å²) in [5, 5.41) is 5.42. The van der Waals surface area contributed by atoms with Gasteiger partial charge in [0, 0.05) is 12.5 Å². The molecule has 6 nitrogen and oxygen atoms in total. The minimum absolute atomic E-state index is 0.0353. The molecule has 0 saturated heterocycles. The van der Waals surface area contributed by atoms with Gasteiger partial charge in [0.05, 0.1) is 19.1 Å². The molecule has 0 spiro atoms. The molecule has 1 aliphatic carbocycles. The third-order valence-corrected chi connectivity index (χ3v) is 4.64. The predicted octanol–water partition coefficient (Wildman–Crippen LogP) is 1.83. The lowest BCUT2D eigenvalue weighted by atomic mass is 9.99. The fraction of sp³-hybridized carbons (Fsp3) is 0.550. The lowest BCUT2D eigenvalue weighted by molar-refractivity contribution is -0.148. The lowest BCUT2D eigenvalue weighted by Gasteiger charge is -2.17. The largest absolute Gasteiger partial charge is 0.466 e. The summed E-state index contributed by atoms with van der Waals surface area (Å²) in [7, 11) is 0. The van der Waals surface area contributed by atoms with E-state index in [0.717, 1.165) is 31.2 Å². The molecule has 0 bridgehead atoms. The van der Waals surface area contributed by atoms with Gasteiger partial charge in [0.1, 0.15) is 0 Å². The maximum absolute atomic E-state index is 12.2. The summed E-state index contributed by atoms with van der Waals surface area (Å²) in [5.41, 5.74) is 1.01. The number of hydrogen-bond donors (Lipinski definition) is 2. The standard InChI is InChI=1S/C20H28N2O4/c1-2-26-20(25)17(12-15-8-4-3-5-9-15)13-21-18(23)14-22-19(24)16-10-6-7-11-16/h3-5,8-9,16-17H,2,6-7,10-14H2,1H3,(H,21,23)(H,22,24)/t17-/m1/s1. The predicted molar refractivity (Wildman–Crippen MR) is 98.2 cm³/mol. The SMILES string of the molecule is CCOC(=O)[C@@H](CNC(=O)CNC(=O)C1CCCC1)Cc1ccccc1. The fourth-order valence-electron chi connectivity index (χ4n) is 3.20. The Hall–Kier alpha value is -2.37. The van der Waals surface area contributed by atoms with Gasteiger partial charge >= 0.3 is 5.97 Å². The van der Waals surface area contributed by atoms with Crippen molar-refractivity contribution in [3.05, 3.63) is 35.9 Å². The van der Waals surface area contributed by atoms with E-state index in [1.54, 1.807) is 6.92 Å². The number of ether oxygens (including phenoxy) is 1. The topological polar surface area (TPSA) is 84.5 Å². The minimum atomic E-state index is -0.452. The van der Waals surface area contributed by atoms with Crippen LogP contribution in [0.3, 0.4) is 0 Å². The third kappa shape index (κ3) is 6.50. The van der Waals surface area contributed by atoms with Crippen LogP contribution in [-0.2, 0) is 25.5 Å². The maximum Gasteiger partial charge on any atom is 0.311 e. The molecule has 2 N–H and O–H groups in total. The van der Waals surface area contributed by atoms with E-state index in [2.05, 4.69) is 10.6 Å². The smallest absolute Gasteiger partial charge is 0.311 e. The van der Waals surface area contributed by atoms with Gasteiger partial charge in [-0.3, -0.25) is 14.4 Å². The van der Waals surface area contributed by atoms with E-state index in [1.165, 1.54) is 0 Å². The third-order valence-electron chi connectivity index (χ3n) is 4.64. The van der Waals surface area contributed by atoms with Crippen LogP contribution in [0.4, 0.5) is 0 Å². The summed E-state index contributed by atoms with van der Waals surface area (Å²) in [6, 6.07) is 9.62. The molecule has 0 unspecified atom stereocenters. The minimum Gasteiger partial charge on any atom is -0.466 e. The van der Waals surface area contributed by atoms with Crippen molar-refractivity contribution in [2.75, 3.05) is 19.7 Å². The fourth-order valence-corrected chi connectivity index (χ4v) is 3.20. The van der Waals surface area contributed by atoms with E-state index in [4.69, 9.17) is 4.74 Å². The zero-order valence-electron chi connectivity index (χ0n) is 15.3. The van der Waals surface area contributed by atoms with Crippen LogP contribution >= 0.6 is 0 Å². The van der Waals surface area contributed by atoms with Gasteiger partial charge < -0.3 is 15.4 Å². The molecule has 1 atom stereocenters. The Morgan fingerprint density at radius 3 is 2.46 bits per heavy atom. The van der Waals surface area contributed by atoms with E-state index in [9.17, 15) is 14.4 Å². The van der Waals surface area contributed by atoms with Gasteiger partial charge in [-0.25, -0.2) is 0 Å². The zero-order valence-corrected chi connectivity index (χ0v) is 15.3. The van der Waals surface area contributed by atoms with Crippen LogP contribution in [0.2, 0.25) is 0 Å². The number of carbonyl (C=O) groups excluding carboxylic acids is 3. The Balaban J connectivity index is 1.80. The summed E-state index contributed by atoms with van der Waals surface area (Å²) >= 11 is 0. The molecule has 2 rings (SSSR count). The average molecular weight is 360 g/mol. The van der Waals surface area contributed by atoms with Crippen LogP contribution in [0.5, 0.6) is 0 Å². The second-order valence-corrected chi connectivity index (χ2v) is 6.64. The summed E-state index contributed by atoms with van der Waals surface area (Å²) < 4.78 is 5.11. The second kappa shape index (κ2) is 10.6. The molecule has 0 heterocycles. The Labute approximate surface area is 154 Å². The van der Waals surface area contributed by atoms with Crippen molar-refractivity contribution >= 4 is 17.8 Å². The Kier molecular flexibility index (Phi) is 8.12. The first-order valence-electron chi connectivity index (χ1n) is 9.35. The van der Waals surface area contributed by atoms with Gasteiger partial charge in [0.25, 0.3) is 0 Å². The van der Waals surface area contributed by atoms with E-state index < -0.39 is 5.92 Å². The first kappa shape index (κ1) is 19.9. The number of rotatable bonds is 9. The summed E-state index contributed by atoms with van der Waals surface area (Å²) in [5.74, 6) is -1.09. The summed E-state index contributed by atoms with van der Waals surface area (Å²) in [4.78, 5) is 36.1. The van der Waals surface area contributed by atoms with Crippen LogP contribution in [0, 0.1) is 11.8 Å². The first-order chi connectivity index (χ1) is 12.6. The molecule has 0 aromatic heterocycles. The number of nitrogens with one attached hydrogen (secondary N) is 2. The Bertz CT molecular complexity index is 597. The van der Waals surface area contributed by atoms with Gasteiger partial charge in [0.15, 0.2) is 0 Å². The average Bonchev–Trinajstić information content (AvgIpc) is 3.19. The highest BCUT2D eigenvalue weighted by molar-refractivity contribution is 5.86. The molecule has 1 aromatic rings. The normalized spacial score (nSPS) is 15.3. The van der Waals surface area contributed by atoms with Crippen molar-refractivity contribution in [1.29, 1.82) is 0 Å². The molecule has 1 saturated carbocycles.